The summed E-state index contributed by atoms with van der Waals surface area (Å²) in [4.78, 5) is 32.3. The lowest BCUT2D eigenvalue weighted by molar-refractivity contribution is -0.118. The van der Waals surface area contributed by atoms with Gasteiger partial charge in [-0.05, 0) is 30.7 Å². The molecule has 0 bridgehead atoms. The first-order valence-electron chi connectivity index (χ1n) is 9.41. The van der Waals surface area contributed by atoms with E-state index in [2.05, 4.69) is 10.3 Å². The molecule has 0 radical (unpaired) electrons. The van der Waals surface area contributed by atoms with Crippen molar-refractivity contribution in [1.29, 1.82) is 0 Å². The maximum Gasteiger partial charge on any atom is 0.264 e. The van der Waals surface area contributed by atoms with Crippen LogP contribution in [-0.2, 0) is 17.8 Å². The lowest BCUT2D eigenvalue weighted by atomic mass is 10.1. The molecule has 0 saturated heterocycles. The highest BCUT2D eigenvalue weighted by atomic mass is 32.1. The molecule has 0 aliphatic carbocycles. The van der Waals surface area contributed by atoms with E-state index in [-0.39, 0.29) is 18.4 Å². The highest BCUT2D eigenvalue weighted by Crippen LogP contribution is 2.29. The molecule has 1 N–H and O–H groups in total. The molecule has 2 heterocycles. The summed E-state index contributed by atoms with van der Waals surface area (Å²) >= 11 is 1.41. The fourth-order valence-corrected chi connectivity index (χ4v) is 4.24. The molecule has 1 aliphatic heterocycles. The molecule has 2 amide bonds. The number of aromatic nitrogens is 1. The van der Waals surface area contributed by atoms with Gasteiger partial charge in [0.15, 0.2) is 11.7 Å². The Bertz CT molecular complexity index is 1030. The zero-order valence-corrected chi connectivity index (χ0v) is 16.9. The molecule has 6 nitrogen and oxygen atoms in total. The van der Waals surface area contributed by atoms with Gasteiger partial charge in [-0.25, -0.2) is 4.98 Å². The largest absolute Gasteiger partial charge is 0.483 e. The molecular formula is C22H21N3O3S. The number of anilines is 1. The van der Waals surface area contributed by atoms with E-state index in [0.29, 0.717) is 36.0 Å². The fraction of sp³-hybridized carbons (Fsp3) is 0.227. The minimum Gasteiger partial charge on any atom is -0.483 e. The van der Waals surface area contributed by atoms with E-state index in [9.17, 15) is 9.59 Å². The van der Waals surface area contributed by atoms with Crippen LogP contribution in [0, 0.1) is 6.92 Å². The van der Waals surface area contributed by atoms with Crippen molar-refractivity contribution in [3.63, 3.8) is 0 Å². The Morgan fingerprint density at radius 2 is 1.90 bits per heavy atom. The van der Waals surface area contributed by atoms with Gasteiger partial charge in [0.05, 0.1) is 12.2 Å². The summed E-state index contributed by atoms with van der Waals surface area (Å²) < 4.78 is 5.58. The molecule has 0 saturated carbocycles. The number of nitrogens with zero attached hydrogens (tertiary/aromatic N) is 2. The van der Waals surface area contributed by atoms with Crippen molar-refractivity contribution in [3.8, 4) is 5.75 Å². The predicted molar refractivity (Wildman–Crippen MR) is 112 cm³/mol. The van der Waals surface area contributed by atoms with Crippen molar-refractivity contribution in [2.45, 2.75) is 19.9 Å². The highest BCUT2D eigenvalue weighted by Gasteiger charge is 2.25. The van der Waals surface area contributed by atoms with E-state index in [4.69, 9.17) is 4.74 Å². The van der Waals surface area contributed by atoms with Crippen LogP contribution in [0.5, 0.6) is 5.75 Å². The van der Waals surface area contributed by atoms with Crippen LogP contribution >= 0.6 is 11.3 Å². The first-order valence-corrected chi connectivity index (χ1v) is 10.2. The second-order valence-electron chi connectivity index (χ2n) is 6.83. The maximum absolute atomic E-state index is 12.7. The number of aryl methyl sites for hydroxylation is 1. The Balaban J connectivity index is 1.36. The van der Waals surface area contributed by atoms with Gasteiger partial charge in [0.2, 0.25) is 0 Å². The van der Waals surface area contributed by atoms with Crippen molar-refractivity contribution >= 4 is 28.3 Å². The van der Waals surface area contributed by atoms with Gasteiger partial charge in [-0.1, -0.05) is 47.7 Å². The van der Waals surface area contributed by atoms with E-state index in [0.717, 1.165) is 16.1 Å². The minimum absolute atomic E-state index is 0.0156. The summed E-state index contributed by atoms with van der Waals surface area (Å²) in [6.45, 7) is 2.99. The third kappa shape index (κ3) is 4.46. The SMILES string of the molecule is Cc1ccccc1OCC(=O)Nc1nc2c(s1)CN(C(=O)c1ccccc1)CC2. The van der Waals surface area contributed by atoms with Crippen LogP contribution < -0.4 is 10.1 Å². The number of hydrogen-bond acceptors (Lipinski definition) is 5. The van der Waals surface area contributed by atoms with E-state index >= 15 is 0 Å². The number of rotatable bonds is 5. The van der Waals surface area contributed by atoms with Crippen molar-refractivity contribution < 1.29 is 14.3 Å². The fourth-order valence-electron chi connectivity index (χ4n) is 3.20. The van der Waals surface area contributed by atoms with E-state index in [1.807, 2.05) is 66.4 Å². The van der Waals surface area contributed by atoms with Gasteiger partial charge >= 0.3 is 0 Å². The maximum atomic E-state index is 12.7. The second-order valence-corrected chi connectivity index (χ2v) is 7.92. The summed E-state index contributed by atoms with van der Waals surface area (Å²) in [5, 5.41) is 3.35. The monoisotopic (exact) mass is 407 g/mol. The number of benzene rings is 2. The van der Waals surface area contributed by atoms with Crippen LogP contribution in [0.15, 0.2) is 54.6 Å². The molecule has 4 rings (SSSR count). The number of fused-ring (bicyclic) bond motifs is 1. The van der Waals surface area contributed by atoms with Gasteiger partial charge in [-0.2, -0.15) is 0 Å². The number of carbonyl (C=O) groups is 2. The smallest absolute Gasteiger partial charge is 0.264 e. The Hall–Kier alpha value is -3.19. The highest BCUT2D eigenvalue weighted by molar-refractivity contribution is 7.15. The number of nitrogens with one attached hydrogen (secondary N) is 1. The quantitative estimate of drug-likeness (QED) is 0.701. The van der Waals surface area contributed by atoms with Gasteiger partial charge in [0, 0.05) is 23.4 Å². The predicted octanol–water partition coefficient (Wildman–Crippen LogP) is 3.67. The van der Waals surface area contributed by atoms with Gasteiger partial charge < -0.3 is 9.64 Å². The zero-order valence-electron chi connectivity index (χ0n) is 16.1. The van der Waals surface area contributed by atoms with Gasteiger partial charge in [0.1, 0.15) is 5.75 Å². The first kappa shape index (κ1) is 19.1. The van der Waals surface area contributed by atoms with Crippen LogP contribution in [0.1, 0.15) is 26.5 Å². The molecule has 148 valence electrons. The van der Waals surface area contributed by atoms with Crippen LogP contribution in [0.4, 0.5) is 5.13 Å². The van der Waals surface area contributed by atoms with Gasteiger partial charge in [-0.15, -0.1) is 0 Å². The standard InChI is InChI=1S/C22H21N3O3S/c1-15-7-5-6-10-18(15)28-14-20(26)24-22-23-17-11-12-25(13-19(17)29-22)21(27)16-8-3-2-4-9-16/h2-10H,11-14H2,1H3,(H,23,24,26). The molecule has 1 aromatic heterocycles. The van der Waals surface area contributed by atoms with Crippen LogP contribution in [0.2, 0.25) is 0 Å². The summed E-state index contributed by atoms with van der Waals surface area (Å²) in [6.07, 6.45) is 0.681. The average molecular weight is 407 g/mol. The number of thiazole rings is 1. The van der Waals surface area contributed by atoms with Crippen molar-refractivity contribution in [2.24, 2.45) is 0 Å². The summed E-state index contributed by atoms with van der Waals surface area (Å²) in [5.41, 5.74) is 2.61. The topological polar surface area (TPSA) is 71.5 Å². The van der Waals surface area contributed by atoms with Crippen LogP contribution in [0.3, 0.4) is 0 Å². The normalized spacial score (nSPS) is 12.9. The Morgan fingerprint density at radius 1 is 1.14 bits per heavy atom. The number of amides is 2. The molecular weight excluding hydrogens is 386 g/mol. The number of hydrogen-bond donors (Lipinski definition) is 1. The van der Waals surface area contributed by atoms with Crippen molar-refractivity contribution in [2.75, 3.05) is 18.5 Å². The molecule has 0 atom stereocenters. The minimum atomic E-state index is -0.253. The first-order chi connectivity index (χ1) is 14.1. The van der Waals surface area contributed by atoms with Crippen LogP contribution in [0.25, 0.3) is 0 Å². The second kappa shape index (κ2) is 8.45. The Kier molecular flexibility index (Phi) is 5.57. The summed E-state index contributed by atoms with van der Waals surface area (Å²) in [6, 6.07) is 16.8. The average Bonchev–Trinajstić information content (AvgIpc) is 3.14. The third-order valence-corrected chi connectivity index (χ3v) is 5.74. The molecule has 7 heteroatoms. The lowest BCUT2D eigenvalue weighted by Crippen LogP contribution is -2.35. The number of para-hydroxylation sites is 1. The van der Waals surface area contributed by atoms with E-state index < -0.39 is 0 Å². The molecule has 2 aromatic carbocycles. The molecule has 3 aromatic rings. The van der Waals surface area contributed by atoms with E-state index in [1.165, 1.54) is 11.3 Å². The van der Waals surface area contributed by atoms with Crippen molar-refractivity contribution in [1.82, 2.24) is 9.88 Å². The van der Waals surface area contributed by atoms with Crippen LogP contribution in [-0.4, -0.2) is 34.8 Å². The van der Waals surface area contributed by atoms with E-state index in [1.54, 1.807) is 0 Å². The number of ether oxygens (including phenoxy) is 1. The number of carbonyl (C=O) groups excluding carboxylic acids is 2. The summed E-state index contributed by atoms with van der Waals surface area (Å²) in [5.74, 6) is 0.453. The lowest BCUT2D eigenvalue weighted by Gasteiger charge is -2.26. The molecule has 0 spiro atoms. The molecule has 0 fully saturated rings. The van der Waals surface area contributed by atoms with Gasteiger partial charge in [-0.3, -0.25) is 14.9 Å². The Labute approximate surface area is 173 Å². The van der Waals surface area contributed by atoms with Crippen molar-refractivity contribution in [3.05, 3.63) is 76.3 Å². The zero-order chi connectivity index (χ0) is 20.2. The van der Waals surface area contributed by atoms with Gasteiger partial charge in [0.25, 0.3) is 11.8 Å². The molecule has 0 unspecified atom stereocenters. The molecule has 1 aliphatic rings. The summed E-state index contributed by atoms with van der Waals surface area (Å²) in [7, 11) is 0. The molecule has 29 heavy (non-hydrogen) atoms. The Morgan fingerprint density at radius 3 is 2.69 bits per heavy atom. The third-order valence-electron chi connectivity index (χ3n) is 4.74.